The average molecular weight is 274 g/mol. The molecule has 2 heterocycles. The number of ether oxygens (including phenoxy) is 2. The summed E-state index contributed by atoms with van der Waals surface area (Å²) >= 11 is 0. The Kier molecular flexibility index (Phi) is 3.87. The molecule has 1 aromatic heterocycles. The molecule has 0 radical (unpaired) electrons. The Morgan fingerprint density at radius 2 is 2.15 bits per heavy atom. The van der Waals surface area contributed by atoms with Gasteiger partial charge in [-0.05, 0) is 25.1 Å². The number of nitrogens with one attached hydrogen (secondary N) is 1. The van der Waals surface area contributed by atoms with Crippen LogP contribution in [0, 0.1) is 0 Å². The van der Waals surface area contributed by atoms with Crippen molar-refractivity contribution in [1.29, 1.82) is 0 Å². The number of nitrogens with zero attached hydrogens (tertiary/aromatic N) is 1. The van der Waals surface area contributed by atoms with Gasteiger partial charge < -0.3 is 19.2 Å². The van der Waals surface area contributed by atoms with E-state index < -0.39 is 0 Å². The molecule has 0 amide bonds. The van der Waals surface area contributed by atoms with Crippen LogP contribution in [0.1, 0.15) is 19.2 Å². The van der Waals surface area contributed by atoms with Gasteiger partial charge in [0, 0.05) is 0 Å². The molecule has 2 aromatic rings. The molecule has 5 heteroatoms. The van der Waals surface area contributed by atoms with Gasteiger partial charge >= 0.3 is 0 Å². The van der Waals surface area contributed by atoms with Crippen molar-refractivity contribution in [2.75, 3.05) is 19.8 Å². The average Bonchev–Trinajstić information content (AvgIpc) is 2.96. The Morgan fingerprint density at radius 3 is 3.05 bits per heavy atom. The van der Waals surface area contributed by atoms with Gasteiger partial charge in [0.05, 0.1) is 18.3 Å². The van der Waals surface area contributed by atoms with Crippen molar-refractivity contribution in [3.8, 4) is 22.8 Å². The fourth-order valence-corrected chi connectivity index (χ4v) is 2.16. The highest BCUT2D eigenvalue weighted by Gasteiger charge is 2.19. The highest BCUT2D eigenvalue weighted by atomic mass is 16.6. The maximum absolute atomic E-state index is 5.77. The molecule has 106 valence electrons. The van der Waals surface area contributed by atoms with E-state index in [4.69, 9.17) is 13.9 Å². The van der Waals surface area contributed by atoms with E-state index in [0.29, 0.717) is 31.4 Å². The molecule has 1 aliphatic heterocycles. The molecular formula is C15H18N2O3. The minimum atomic E-state index is 0.559. The van der Waals surface area contributed by atoms with Crippen LogP contribution in [0.5, 0.6) is 11.5 Å². The standard InChI is InChI=1S/C15H18N2O3/c1-2-6-16-10-14-17-9-13(20-14)11-4-3-5-12-15(11)19-8-7-18-12/h3-5,9,16H,2,6-8,10H2,1H3. The van der Waals surface area contributed by atoms with Crippen molar-refractivity contribution in [2.24, 2.45) is 0 Å². The number of para-hydroxylation sites is 1. The maximum Gasteiger partial charge on any atom is 0.208 e. The summed E-state index contributed by atoms with van der Waals surface area (Å²) in [6.07, 6.45) is 2.82. The van der Waals surface area contributed by atoms with Gasteiger partial charge in [0.2, 0.25) is 5.89 Å². The maximum atomic E-state index is 5.77. The highest BCUT2D eigenvalue weighted by Crippen LogP contribution is 2.39. The van der Waals surface area contributed by atoms with Gasteiger partial charge in [0.15, 0.2) is 17.3 Å². The van der Waals surface area contributed by atoms with E-state index in [9.17, 15) is 0 Å². The number of hydrogen-bond acceptors (Lipinski definition) is 5. The predicted molar refractivity (Wildman–Crippen MR) is 74.9 cm³/mol. The Labute approximate surface area is 117 Å². The third-order valence-electron chi connectivity index (χ3n) is 3.09. The van der Waals surface area contributed by atoms with Gasteiger partial charge in [-0.1, -0.05) is 13.0 Å². The second kappa shape index (κ2) is 5.96. The molecule has 1 N–H and O–H groups in total. The first kappa shape index (κ1) is 13.0. The fraction of sp³-hybridized carbons (Fsp3) is 0.400. The lowest BCUT2D eigenvalue weighted by Crippen LogP contribution is -2.15. The number of rotatable bonds is 5. The van der Waals surface area contributed by atoms with E-state index in [1.807, 2.05) is 18.2 Å². The topological polar surface area (TPSA) is 56.5 Å². The van der Waals surface area contributed by atoms with Gasteiger partial charge in [-0.15, -0.1) is 0 Å². The monoisotopic (exact) mass is 274 g/mol. The summed E-state index contributed by atoms with van der Waals surface area (Å²) in [5.74, 6) is 2.89. The van der Waals surface area contributed by atoms with Crippen LogP contribution in [0.2, 0.25) is 0 Å². The number of hydrogen-bond donors (Lipinski definition) is 1. The fourth-order valence-electron chi connectivity index (χ4n) is 2.16. The zero-order chi connectivity index (χ0) is 13.8. The molecule has 0 unspecified atom stereocenters. The lowest BCUT2D eigenvalue weighted by Gasteiger charge is -2.19. The Bertz CT molecular complexity index is 580. The number of aromatic nitrogens is 1. The molecule has 0 bridgehead atoms. The second-order valence-electron chi connectivity index (χ2n) is 4.62. The molecule has 0 atom stereocenters. The zero-order valence-corrected chi connectivity index (χ0v) is 11.5. The SMILES string of the molecule is CCCNCc1ncc(-c2cccc3c2OCCO3)o1. The van der Waals surface area contributed by atoms with Crippen LogP contribution in [0.25, 0.3) is 11.3 Å². The van der Waals surface area contributed by atoms with Gasteiger partial charge in [-0.3, -0.25) is 0 Å². The van der Waals surface area contributed by atoms with Crippen LogP contribution in [0.3, 0.4) is 0 Å². The molecule has 0 aliphatic carbocycles. The van der Waals surface area contributed by atoms with Crippen LogP contribution in [-0.4, -0.2) is 24.7 Å². The van der Waals surface area contributed by atoms with Crippen molar-refractivity contribution in [1.82, 2.24) is 10.3 Å². The van der Waals surface area contributed by atoms with Gasteiger partial charge in [-0.2, -0.15) is 0 Å². The molecule has 1 aromatic carbocycles. The molecule has 0 spiro atoms. The van der Waals surface area contributed by atoms with Gasteiger partial charge in [0.25, 0.3) is 0 Å². The molecular weight excluding hydrogens is 256 g/mol. The van der Waals surface area contributed by atoms with Crippen molar-refractivity contribution in [3.05, 3.63) is 30.3 Å². The molecule has 0 saturated heterocycles. The van der Waals surface area contributed by atoms with Crippen LogP contribution >= 0.6 is 0 Å². The minimum absolute atomic E-state index is 0.559. The lowest BCUT2D eigenvalue weighted by atomic mass is 10.1. The minimum Gasteiger partial charge on any atom is -0.486 e. The van der Waals surface area contributed by atoms with E-state index in [-0.39, 0.29) is 0 Å². The van der Waals surface area contributed by atoms with E-state index in [1.54, 1.807) is 6.20 Å². The first-order chi connectivity index (χ1) is 9.88. The molecule has 20 heavy (non-hydrogen) atoms. The number of fused-ring (bicyclic) bond motifs is 1. The van der Waals surface area contributed by atoms with E-state index >= 15 is 0 Å². The molecule has 0 saturated carbocycles. The number of benzene rings is 1. The Balaban J connectivity index is 1.82. The van der Waals surface area contributed by atoms with Crippen molar-refractivity contribution in [3.63, 3.8) is 0 Å². The smallest absolute Gasteiger partial charge is 0.208 e. The van der Waals surface area contributed by atoms with Crippen molar-refractivity contribution < 1.29 is 13.9 Å². The van der Waals surface area contributed by atoms with Crippen LogP contribution in [0.15, 0.2) is 28.8 Å². The molecule has 0 fully saturated rings. The molecule has 1 aliphatic rings. The normalized spacial score (nSPS) is 13.4. The molecule has 3 rings (SSSR count). The van der Waals surface area contributed by atoms with Gasteiger partial charge in [0.1, 0.15) is 13.2 Å². The summed E-state index contributed by atoms with van der Waals surface area (Å²) in [4.78, 5) is 4.29. The van der Waals surface area contributed by atoms with Gasteiger partial charge in [-0.25, -0.2) is 4.98 Å². The second-order valence-corrected chi connectivity index (χ2v) is 4.62. The summed E-state index contributed by atoms with van der Waals surface area (Å²) in [5, 5.41) is 3.27. The summed E-state index contributed by atoms with van der Waals surface area (Å²) in [6, 6.07) is 5.79. The lowest BCUT2D eigenvalue weighted by molar-refractivity contribution is 0.172. The Morgan fingerprint density at radius 1 is 1.25 bits per heavy atom. The van der Waals surface area contributed by atoms with Crippen LogP contribution in [0.4, 0.5) is 0 Å². The summed E-state index contributed by atoms with van der Waals surface area (Å²) in [7, 11) is 0. The highest BCUT2D eigenvalue weighted by molar-refractivity contribution is 5.69. The largest absolute Gasteiger partial charge is 0.486 e. The summed E-state index contributed by atoms with van der Waals surface area (Å²) < 4.78 is 17.0. The summed E-state index contributed by atoms with van der Waals surface area (Å²) in [6.45, 7) is 4.86. The quantitative estimate of drug-likeness (QED) is 0.849. The van der Waals surface area contributed by atoms with Crippen molar-refractivity contribution in [2.45, 2.75) is 19.9 Å². The summed E-state index contributed by atoms with van der Waals surface area (Å²) in [5.41, 5.74) is 0.886. The van der Waals surface area contributed by atoms with Crippen molar-refractivity contribution >= 4 is 0 Å². The number of oxazole rings is 1. The third-order valence-corrected chi connectivity index (χ3v) is 3.09. The first-order valence-corrected chi connectivity index (χ1v) is 6.93. The first-order valence-electron chi connectivity index (χ1n) is 6.93. The molecule has 5 nitrogen and oxygen atoms in total. The third kappa shape index (κ3) is 2.63. The zero-order valence-electron chi connectivity index (χ0n) is 11.5. The predicted octanol–water partition coefficient (Wildman–Crippen LogP) is 2.61. The van der Waals surface area contributed by atoms with E-state index in [2.05, 4.69) is 17.2 Å². The van der Waals surface area contributed by atoms with E-state index in [1.165, 1.54) is 0 Å². The van der Waals surface area contributed by atoms with Crippen LogP contribution < -0.4 is 14.8 Å². The Hall–Kier alpha value is -2.01. The van der Waals surface area contributed by atoms with Crippen LogP contribution in [-0.2, 0) is 6.54 Å². The van der Waals surface area contributed by atoms with E-state index in [0.717, 1.165) is 30.0 Å².